The predicted octanol–water partition coefficient (Wildman–Crippen LogP) is 1.56. The maximum Gasteiger partial charge on any atom is 0.321 e. The molecule has 0 aromatic carbocycles. The Hall–Kier alpha value is -1.06. The maximum absolute atomic E-state index is 10.9. The van der Waals surface area contributed by atoms with Crippen LogP contribution in [0.5, 0.6) is 0 Å². The summed E-state index contributed by atoms with van der Waals surface area (Å²) in [6, 6.07) is 0. The van der Waals surface area contributed by atoms with Gasteiger partial charge in [-0.05, 0) is 25.7 Å². The standard InChI is InChI=1S/C10H15O4/c1-10(8(11)12,9(13)14)7-5-3-2-4-6-7/h7H,1-6H2,(H,11,12)(H,13,14). The van der Waals surface area contributed by atoms with Gasteiger partial charge in [0.25, 0.3) is 0 Å². The number of hydrogen-bond acceptors (Lipinski definition) is 2. The largest absolute Gasteiger partial charge is 0.480 e. The minimum Gasteiger partial charge on any atom is -0.480 e. The quantitative estimate of drug-likeness (QED) is 0.676. The average Bonchev–Trinajstić information content (AvgIpc) is 2.17. The molecule has 1 aliphatic rings. The highest BCUT2D eigenvalue weighted by Gasteiger charge is 2.48. The van der Waals surface area contributed by atoms with Gasteiger partial charge in [-0.1, -0.05) is 19.3 Å². The lowest BCUT2D eigenvalue weighted by Gasteiger charge is -2.32. The summed E-state index contributed by atoms with van der Waals surface area (Å²) in [4.78, 5) is 21.8. The van der Waals surface area contributed by atoms with Crippen molar-refractivity contribution in [2.45, 2.75) is 32.1 Å². The summed E-state index contributed by atoms with van der Waals surface area (Å²) < 4.78 is 0. The zero-order valence-electron chi connectivity index (χ0n) is 8.03. The van der Waals surface area contributed by atoms with Crippen molar-refractivity contribution in [2.24, 2.45) is 11.3 Å². The topological polar surface area (TPSA) is 74.6 Å². The number of aliphatic carboxylic acids is 2. The lowest BCUT2D eigenvalue weighted by atomic mass is 9.70. The van der Waals surface area contributed by atoms with Crippen LogP contribution in [-0.4, -0.2) is 22.2 Å². The highest BCUT2D eigenvalue weighted by Crippen LogP contribution is 2.38. The molecule has 14 heavy (non-hydrogen) atoms. The molecule has 79 valence electrons. The smallest absolute Gasteiger partial charge is 0.321 e. The van der Waals surface area contributed by atoms with Crippen LogP contribution in [0.25, 0.3) is 0 Å². The number of carboxylic acid groups (broad SMARTS) is 2. The predicted molar refractivity (Wildman–Crippen MR) is 49.6 cm³/mol. The van der Waals surface area contributed by atoms with Crippen LogP contribution in [0.2, 0.25) is 0 Å². The Bertz CT molecular complexity index is 227. The number of hydrogen-bond donors (Lipinski definition) is 2. The number of rotatable bonds is 3. The second-order valence-corrected chi connectivity index (χ2v) is 3.92. The van der Waals surface area contributed by atoms with Crippen molar-refractivity contribution in [1.29, 1.82) is 0 Å². The van der Waals surface area contributed by atoms with Gasteiger partial charge in [0.05, 0.1) is 0 Å². The van der Waals surface area contributed by atoms with Crippen LogP contribution in [0.1, 0.15) is 32.1 Å². The lowest BCUT2D eigenvalue weighted by Crippen LogP contribution is -2.44. The van der Waals surface area contributed by atoms with Crippen molar-refractivity contribution >= 4 is 11.9 Å². The zero-order chi connectivity index (χ0) is 10.8. The second kappa shape index (κ2) is 3.98. The van der Waals surface area contributed by atoms with E-state index in [1.807, 2.05) is 0 Å². The fourth-order valence-electron chi connectivity index (χ4n) is 2.04. The minimum atomic E-state index is -1.85. The molecule has 4 heteroatoms. The number of carboxylic acids is 2. The van der Waals surface area contributed by atoms with Crippen molar-refractivity contribution in [3.05, 3.63) is 6.92 Å². The molecule has 0 aromatic heterocycles. The van der Waals surface area contributed by atoms with E-state index in [1.54, 1.807) is 0 Å². The second-order valence-electron chi connectivity index (χ2n) is 3.92. The van der Waals surface area contributed by atoms with Crippen LogP contribution in [0.15, 0.2) is 0 Å². The van der Waals surface area contributed by atoms with Gasteiger partial charge >= 0.3 is 11.9 Å². The molecule has 1 fully saturated rings. The molecule has 0 heterocycles. The van der Waals surface area contributed by atoms with Crippen molar-refractivity contribution in [1.82, 2.24) is 0 Å². The molecular formula is C10H15O4. The molecule has 0 unspecified atom stereocenters. The van der Waals surface area contributed by atoms with Gasteiger partial charge in [0.15, 0.2) is 5.41 Å². The lowest BCUT2D eigenvalue weighted by molar-refractivity contribution is -0.165. The molecule has 4 nitrogen and oxygen atoms in total. The van der Waals surface area contributed by atoms with E-state index >= 15 is 0 Å². The van der Waals surface area contributed by atoms with E-state index in [4.69, 9.17) is 10.2 Å². The van der Waals surface area contributed by atoms with Gasteiger partial charge in [0, 0.05) is 0 Å². The Labute approximate surface area is 82.9 Å². The minimum absolute atomic E-state index is 0.328. The van der Waals surface area contributed by atoms with Crippen molar-refractivity contribution in [2.75, 3.05) is 0 Å². The fraction of sp³-hybridized carbons (Fsp3) is 0.700. The highest BCUT2D eigenvalue weighted by atomic mass is 16.4. The maximum atomic E-state index is 10.9. The molecule has 0 bridgehead atoms. The highest BCUT2D eigenvalue weighted by molar-refractivity contribution is 5.99. The molecule has 1 rings (SSSR count). The summed E-state index contributed by atoms with van der Waals surface area (Å²) in [6.07, 6.45) is 4.18. The first kappa shape index (κ1) is 11.0. The Morgan fingerprint density at radius 2 is 1.50 bits per heavy atom. The summed E-state index contributed by atoms with van der Waals surface area (Å²) in [5.74, 6) is -2.97. The third-order valence-electron chi connectivity index (χ3n) is 3.07. The first-order valence-electron chi connectivity index (χ1n) is 4.81. The molecule has 1 aliphatic carbocycles. The molecule has 0 atom stereocenters. The molecule has 0 aliphatic heterocycles. The van der Waals surface area contributed by atoms with E-state index in [0.29, 0.717) is 12.8 Å². The van der Waals surface area contributed by atoms with Crippen LogP contribution in [0, 0.1) is 18.3 Å². The molecule has 0 amide bonds. The van der Waals surface area contributed by atoms with E-state index in [-0.39, 0.29) is 5.92 Å². The van der Waals surface area contributed by atoms with Crippen LogP contribution in [-0.2, 0) is 9.59 Å². The van der Waals surface area contributed by atoms with Crippen LogP contribution in [0.3, 0.4) is 0 Å². The Morgan fingerprint density at radius 3 is 1.86 bits per heavy atom. The van der Waals surface area contributed by atoms with Crippen molar-refractivity contribution < 1.29 is 19.8 Å². The third-order valence-corrected chi connectivity index (χ3v) is 3.07. The van der Waals surface area contributed by atoms with Gasteiger partial charge in [0.2, 0.25) is 0 Å². The van der Waals surface area contributed by atoms with Crippen molar-refractivity contribution in [3.8, 4) is 0 Å². The van der Waals surface area contributed by atoms with E-state index in [0.717, 1.165) is 19.3 Å². The molecule has 0 aromatic rings. The monoisotopic (exact) mass is 199 g/mol. The molecule has 2 N–H and O–H groups in total. The van der Waals surface area contributed by atoms with Crippen LogP contribution in [0.4, 0.5) is 0 Å². The molecule has 1 saturated carbocycles. The normalized spacial score (nSPS) is 19.2. The van der Waals surface area contributed by atoms with Gasteiger partial charge in [-0.3, -0.25) is 9.59 Å². The first-order chi connectivity index (χ1) is 6.49. The van der Waals surface area contributed by atoms with E-state index in [9.17, 15) is 9.59 Å². The first-order valence-corrected chi connectivity index (χ1v) is 4.81. The van der Waals surface area contributed by atoms with E-state index in [2.05, 4.69) is 6.92 Å². The van der Waals surface area contributed by atoms with Gasteiger partial charge in [-0.2, -0.15) is 0 Å². The average molecular weight is 199 g/mol. The summed E-state index contributed by atoms with van der Waals surface area (Å²) in [5.41, 5.74) is -1.85. The molecule has 0 spiro atoms. The van der Waals surface area contributed by atoms with Crippen LogP contribution < -0.4 is 0 Å². The van der Waals surface area contributed by atoms with Crippen LogP contribution >= 0.6 is 0 Å². The molecular weight excluding hydrogens is 184 g/mol. The van der Waals surface area contributed by atoms with Crippen molar-refractivity contribution in [3.63, 3.8) is 0 Å². The summed E-state index contributed by atoms with van der Waals surface area (Å²) in [6.45, 7) is 3.39. The SMILES string of the molecule is [CH2]C(C(=O)O)(C(=O)O)C1CCCCC1. The van der Waals surface area contributed by atoms with Gasteiger partial charge in [-0.15, -0.1) is 0 Å². The fourth-order valence-corrected chi connectivity index (χ4v) is 2.04. The Balaban J connectivity index is 2.86. The van der Waals surface area contributed by atoms with Gasteiger partial charge in [0.1, 0.15) is 0 Å². The molecule has 0 saturated heterocycles. The van der Waals surface area contributed by atoms with E-state index < -0.39 is 17.4 Å². The van der Waals surface area contributed by atoms with E-state index in [1.165, 1.54) is 0 Å². The Morgan fingerprint density at radius 1 is 1.07 bits per heavy atom. The zero-order valence-corrected chi connectivity index (χ0v) is 8.03. The molecule has 1 radical (unpaired) electrons. The third kappa shape index (κ3) is 1.74. The summed E-state index contributed by atoms with van der Waals surface area (Å²) in [5, 5.41) is 17.8. The Kier molecular flexibility index (Phi) is 3.13. The van der Waals surface area contributed by atoms with Gasteiger partial charge in [-0.25, -0.2) is 0 Å². The summed E-state index contributed by atoms with van der Waals surface area (Å²) in [7, 11) is 0. The summed E-state index contributed by atoms with van der Waals surface area (Å²) >= 11 is 0. The number of carbonyl (C=O) groups is 2. The van der Waals surface area contributed by atoms with Gasteiger partial charge < -0.3 is 10.2 Å².